The van der Waals surface area contributed by atoms with Crippen molar-refractivity contribution in [2.24, 2.45) is 23.2 Å². The van der Waals surface area contributed by atoms with Crippen molar-refractivity contribution in [3.8, 4) is 0 Å². The first-order valence-electron chi connectivity index (χ1n) is 16.2. The highest BCUT2D eigenvalue weighted by Crippen LogP contribution is 2.63. The largest absolute Gasteiger partial charge is 0.459 e. The SMILES string of the molecule is COCC1=C/[C@@H]2OC(=O)[C@H](C)[C@@]2(O)[C@@H](OC(C)=O)[C@H]2[C@@]3(CO3)[C@H](OC(=O)CC(C)C)[C@H](OC(C)=O)[C@H](OC(C)=O)[C@]2(C)[C@H](OC(C)=O)/C=C\1. The molecule has 0 radical (unpaired) electrons. The Morgan fingerprint density at radius 2 is 1.49 bits per heavy atom. The van der Waals surface area contributed by atoms with E-state index in [0.29, 0.717) is 5.57 Å². The Balaban J connectivity index is 2.15. The molecule has 1 spiro atoms. The summed E-state index contributed by atoms with van der Waals surface area (Å²) in [5.41, 5.74) is -5.48. The third kappa shape index (κ3) is 7.11. The van der Waals surface area contributed by atoms with Gasteiger partial charge >= 0.3 is 35.8 Å². The zero-order valence-corrected chi connectivity index (χ0v) is 29.2. The van der Waals surface area contributed by atoms with Crippen molar-refractivity contribution >= 4 is 35.8 Å². The second-order valence-electron chi connectivity index (χ2n) is 13.8. The van der Waals surface area contributed by atoms with Crippen molar-refractivity contribution in [2.45, 2.75) is 110 Å². The average molecular weight is 695 g/mol. The third-order valence-corrected chi connectivity index (χ3v) is 9.66. The summed E-state index contributed by atoms with van der Waals surface area (Å²) in [5, 5.41) is 12.8. The molecule has 0 aromatic heterocycles. The Labute approximate surface area is 284 Å². The van der Waals surface area contributed by atoms with Crippen LogP contribution in [0.5, 0.6) is 0 Å². The molecule has 15 nitrogen and oxygen atoms in total. The van der Waals surface area contributed by atoms with Crippen molar-refractivity contribution in [1.82, 2.24) is 0 Å². The highest BCUT2D eigenvalue weighted by Gasteiger charge is 2.81. The van der Waals surface area contributed by atoms with Crippen LogP contribution >= 0.6 is 0 Å². The van der Waals surface area contributed by atoms with Gasteiger partial charge in [-0.25, -0.2) is 0 Å². The molecule has 1 N–H and O–H groups in total. The monoisotopic (exact) mass is 694 g/mol. The minimum atomic E-state index is -2.33. The third-order valence-electron chi connectivity index (χ3n) is 9.66. The second-order valence-corrected chi connectivity index (χ2v) is 13.8. The van der Waals surface area contributed by atoms with E-state index in [0.717, 1.165) is 27.7 Å². The van der Waals surface area contributed by atoms with Gasteiger partial charge in [-0.2, -0.15) is 0 Å². The fourth-order valence-corrected chi connectivity index (χ4v) is 7.61. The number of aliphatic hydroxyl groups is 1. The van der Waals surface area contributed by atoms with Crippen molar-refractivity contribution in [3.63, 3.8) is 0 Å². The Morgan fingerprint density at radius 3 is 2.00 bits per heavy atom. The number of hydrogen-bond donors (Lipinski definition) is 1. The summed E-state index contributed by atoms with van der Waals surface area (Å²) in [7, 11) is 1.42. The topological polar surface area (TPSA) is 200 Å². The fourth-order valence-electron chi connectivity index (χ4n) is 7.61. The van der Waals surface area contributed by atoms with Crippen LogP contribution in [0.3, 0.4) is 0 Å². The summed E-state index contributed by atoms with van der Waals surface area (Å²) < 4.78 is 46.9. The molecule has 4 rings (SSSR count). The predicted molar refractivity (Wildman–Crippen MR) is 165 cm³/mol. The highest BCUT2D eigenvalue weighted by atomic mass is 16.7. The summed E-state index contributed by atoms with van der Waals surface area (Å²) in [5.74, 6) is -7.69. The highest BCUT2D eigenvalue weighted by molar-refractivity contribution is 5.78. The van der Waals surface area contributed by atoms with Gasteiger partial charge in [0.1, 0.15) is 17.8 Å². The van der Waals surface area contributed by atoms with Gasteiger partial charge in [-0.05, 0) is 30.6 Å². The number of methoxy groups -OCH3 is 1. The van der Waals surface area contributed by atoms with E-state index in [-0.39, 0.29) is 25.6 Å². The molecule has 0 aromatic carbocycles. The van der Waals surface area contributed by atoms with Crippen molar-refractivity contribution in [2.75, 3.05) is 20.3 Å². The van der Waals surface area contributed by atoms with Crippen LogP contribution in [-0.2, 0) is 66.7 Å². The van der Waals surface area contributed by atoms with E-state index in [4.69, 9.17) is 37.9 Å². The molecule has 2 heterocycles. The second kappa shape index (κ2) is 14.2. The van der Waals surface area contributed by atoms with Gasteiger partial charge in [-0.1, -0.05) is 26.8 Å². The first-order valence-corrected chi connectivity index (χ1v) is 16.2. The molecule has 0 aromatic rings. The zero-order chi connectivity index (χ0) is 36.6. The maximum absolute atomic E-state index is 13.3. The molecule has 0 bridgehead atoms. The van der Waals surface area contributed by atoms with E-state index in [2.05, 4.69) is 0 Å². The molecule has 3 fully saturated rings. The van der Waals surface area contributed by atoms with Crippen LogP contribution in [0, 0.1) is 23.2 Å². The van der Waals surface area contributed by atoms with Gasteiger partial charge in [0.05, 0.1) is 24.5 Å². The molecule has 4 aliphatic rings. The molecule has 1 saturated carbocycles. The molecular weight excluding hydrogens is 648 g/mol. The van der Waals surface area contributed by atoms with Gasteiger partial charge in [0.25, 0.3) is 0 Å². The Hall–Kier alpha value is -3.82. The van der Waals surface area contributed by atoms with Crippen LogP contribution in [-0.4, -0.2) is 109 Å². The van der Waals surface area contributed by atoms with Crippen molar-refractivity contribution < 1.29 is 71.8 Å². The van der Waals surface area contributed by atoms with Crippen LogP contribution in [0.2, 0.25) is 0 Å². The van der Waals surface area contributed by atoms with Gasteiger partial charge < -0.3 is 43.0 Å². The van der Waals surface area contributed by atoms with Crippen LogP contribution in [0.15, 0.2) is 23.8 Å². The Morgan fingerprint density at radius 1 is 0.918 bits per heavy atom. The first kappa shape index (κ1) is 38.0. The van der Waals surface area contributed by atoms with Gasteiger partial charge in [-0.3, -0.25) is 28.8 Å². The molecule has 2 saturated heterocycles. The standard InChI is InChI=1S/C34H46O15/c1-16(2)12-25(39)49-29-26(45-19(5)36)28(46-20(6)37)32(8)23(44-18(4)35)11-10-22(14-42-9)13-24-34(41,17(3)31(40)48-24)30(47-21(7)38)27(32)33(29)15-43-33/h10-11,13,16-17,23-24,26-30,41H,12,14-15H2,1-9H3/b11-10-,22-13+/t17-,23+,24-,26+,27+,28-,29+,30-,32+,33-,34-/m0/s1. The molecule has 272 valence electrons. The molecular formula is C34H46O15. The van der Waals surface area contributed by atoms with E-state index in [1.54, 1.807) is 13.8 Å². The number of carbonyl (C=O) groups excluding carboxylic acids is 6. The van der Waals surface area contributed by atoms with Gasteiger partial charge in [-0.15, -0.1) is 0 Å². The summed E-state index contributed by atoms with van der Waals surface area (Å²) in [6.07, 6.45) is -4.77. The van der Waals surface area contributed by atoms with Crippen LogP contribution in [0.1, 0.15) is 61.8 Å². The van der Waals surface area contributed by atoms with Crippen LogP contribution in [0.4, 0.5) is 0 Å². The van der Waals surface area contributed by atoms with E-state index in [9.17, 15) is 33.9 Å². The lowest BCUT2D eigenvalue weighted by molar-refractivity contribution is -0.279. The van der Waals surface area contributed by atoms with E-state index in [1.807, 2.05) is 0 Å². The van der Waals surface area contributed by atoms with Crippen LogP contribution < -0.4 is 0 Å². The first-order chi connectivity index (χ1) is 22.8. The van der Waals surface area contributed by atoms with Crippen molar-refractivity contribution in [1.29, 1.82) is 0 Å². The lowest BCUT2D eigenvalue weighted by Crippen LogP contribution is -2.76. The summed E-state index contributed by atoms with van der Waals surface area (Å²) >= 11 is 0. The molecule has 0 unspecified atom stereocenters. The lowest BCUT2D eigenvalue weighted by atomic mass is 9.51. The number of rotatable bonds is 9. The molecule has 2 aliphatic carbocycles. The van der Waals surface area contributed by atoms with Crippen molar-refractivity contribution in [3.05, 3.63) is 23.8 Å². The summed E-state index contributed by atoms with van der Waals surface area (Å²) in [6.45, 7) is 10.8. The molecule has 2 aliphatic heterocycles. The summed E-state index contributed by atoms with van der Waals surface area (Å²) in [6, 6.07) is 0. The molecule has 49 heavy (non-hydrogen) atoms. The number of ether oxygens (including phenoxy) is 8. The predicted octanol–water partition coefficient (Wildman–Crippen LogP) is 1.51. The van der Waals surface area contributed by atoms with E-state index < -0.39 is 101 Å². The maximum Gasteiger partial charge on any atom is 0.312 e. The summed E-state index contributed by atoms with van der Waals surface area (Å²) in [4.78, 5) is 78.0. The normalized spacial score (nSPS) is 39.7. The van der Waals surface area contributed by atoms with Gasteiger partial charge in [0.2, 0.25) is 0 Å². The fraction of sp³-hybridized carbons (Fsp3) is 0.706. The smallest absolute Gasteiger partial charge is 0.312 e. The maximum atomic E-state index is 13.3. The number of epoxide rings is 1. The number of carbonyl (C=O) groups is 6. The minimum Gasteiger partial charge on any atom is -0.459 e. The quantitative estimate of drug-likeness (QED) is 0.207. The Bertz CT molecular complexity index is 1410. The zero-order valence-electron chi connectivity index (χ0n) is 29.2. The minimum absolute atomic E-state index is 0.0510. The number of fused-ring (bicyclic) bond motifs is 3. The number of esters is 6. The average Bonchev–Trinajstić information content (AvgIpc) is 3.72. The molecule has 15 heteroatoms. The Kier molecular flexibility index (Phi) is 11.0. The van der Waals surface area contributed by atoms with Gasteiger partial charge in [0, 0.05) is 47.1 Å². The van der Waals surface area contributed by atoms with Crippen LogP contribution in [0.25, 0.3) is 0 Å². The number of hydrogen-bond acceptors (Lipinski definition) is 15. The molecule has 0 amide bonds. The van der Waals surface area contributed by atoms with E-state index >= 15 is 0 Å². The van der Waals surface area contributed by atoms with Gasteiger partial charge in [0.15, 0.2) is 30.0 Å². The lowest BCUT2D eigenvalue weighted by Gasteiger charge is -2.59. The van der Waals surface area contributed by atoms with E-state index in [1.165, 1.54) is 39.2 Å². The molecule has 11 atom stereocenters.